The number of likely N-dealkylation sites (tertiary alicyclic amines) is 1. The largest absolute Gasteiger partial charge is 0.297 e. The Morgan fingerprint density at radius 2 is 1.09 bits per heavy atom. The van der Waals surface area contributed by atoms with Crippen LogP contribution in [0.4, 0.5) is 0 Å². The molecule has 4 rings (SSSR count). The zero-order valence-electron chi connectivity index (χ0n) is 22.2. The SMILES string of the molecule is CCC(CC)CCC(C)N1CC(C2CCC(C3CCCCC3)CC2)CC1C1CCCCC1. The second-order valence-electron chi connectivity index (χ2n) is 12.8. The van der Waals surface area contributed by atoms with Gasteiger partial charge in [0.15, 0.2) is 0 Å². The van der Waals surface area contributed by atoms with Gasteiger partial charge in [-0.15, -0.1) is 0 Å². The highest BCUT2D eigenvalue weighted by atomic mass is 15.2. The van der Waals surface area contributed by atoms with Crippen molar-refractivity contribution in [2.24, 2.45) is 35.5 Å². The molecule has 1 saturated heterocycles. The van der Waals surface area contributed by atoms with Crippen LogP contribution in [-0.2, 0) is 0 Å². The molecule has 3 unspecified atom stereocenters. The van der Waals surface area contributed by atoms with Gasteiger partial charge >= 0.3 is 0 Å². The van der Waals surface area contributed by atoms with Gasteiger partial charge in [-0.2, -0.15) is 0 Å². The summed E-state index contributed by atoms with van der Waals surface area (Å²) in [7, 11) is 0. The molecule has 0 aromatic rings. The first-order chi connectivity index (χ1) is 15.7. The topological polar surface area (TPSA) is 3.24 Å². The van der Waals surface area contributed by atoms with Gasteiger partial charge in [-0.3, -0.25) is 4.90 Å². The van der Waals surface area contributed by atoms with E-state index in [1.165, 1.54) is 83.6 Å². The lowest BCUT2D eigenvalue weighted by atomic mass is 9.68. The molecule has 1 nitrogen and oxygen atoms in total. The maximum Gasteiger partial charge on any atom is 0.0130 e. The van der Waals surface area contributed by atoms with Crippen molar-refractivity contribution in [3.8, 4) is 0 Å². The zero-order valence-corrected chi connectivity index (χ0v) is 22.2. The van der Waals surface area contributed by atoms with Crippen LogP contribution < -0.4 is 0 Å². The quantitative estimate of drug-likeness (QED) is 0.343. The van der Waals surface area contributed by atoms with Crippen LogP contribution in [0.1, 0.15) is 143 Å². The third-order valence-electron chi connectivity index (χ3n) is 11.1. The summed E-state index contributed by atoms with van der Waals surface area (Å²) in [5, 5.41) is 0. The van der Waals surface area contributed by atoms with Gasteiger partial charge in [0.2, 0.25) is 0 Å². The van der Waals surface area contributed by atoms with Crippen LogP contribution >= 0.6 is 0 Å². The molecule has 32 heavy (non-hydrogen) atoms. The van der Waals surface area contributed by atoms with Crippen LogP contribution in [0.5, 0.6) is 0 Å². The number of rotatable bonds is 9. The Bertz CT molecular complexity index is 505. The fourth-order valence-corrected chi connectivity index (χ4v) is 8.79. The van der Waals surface area contributed by atoms with E-state index < -0.39 is 0 Å². The van der Waals surface area contributed by atoms with Crippen molar-refractivity contribution in [2.75, 3.05) is 6.54 Å². The fourth-order valence-electron chi connectivity index (χ4n) is 8.79. The van der Waals surface area contributed by atoms with Gasteiger partial charge in [0, 0.05) is 18.6 Å². The summed E-state index contributed by atoms with van der Waals surface area (Å²) in [6.45, 7) is 8.85. The Kier molecular flexibility index (Phi) is 9.87. The Balaban J connectivity index is 1.34. The lowest BCUT2D eigenvalue weighted by Gasteiger charge is -2.38. The van der Waals surface area contributed by atoms with Crippen LogP contribution in [0.15, 0.2) is 0 Å². The average molecular weight is 444 g/mol. The van der Waals surface area contributed by atoms with E-state index in [0.29, 0.717) is 0 Å². The summed E-state index contributed by atoms with van der Waals surface area (Å²) in [6, 6.07) is 1.74. The molecule has 1 heterocycles. The van der Waals surface area contributed by atoms with Gasteiger partial charge in [0.25, 0.3) is 0 Å². The summed E-state index contributed by atoms with van der Waals surface area (Å²) in [6.07, 6.45) is 28.8. The van der Waals surface area contributed by atoms with Crippen molar-refractivity contribution in [2.45, 2.75) is 155 Å². The van der Waals surface area contributed by atoms with E-state index in [0.717, 1.165) is 47.6 Å². The number of nitrogens with zero attached hydrogens (tertiary/aromatic N) is 1. The molecule has 3 aliphatic carbocycles. The second kappa shape index (κ2) is 12.6. The fraction of sp³-hybridized carbons (Fsp3) is 1.00. The molecule has 0 bridgehead atoms. The standard InChI is InChI=1S/C31H57N/c1-4-25(5-2)17-16-24(3)32-23-30(22-31(32)29-14-10-7-11-15-29)28-20-18-27(19-21-28)26-12-8-6-9-13-26/h24-31H,4-23H2,1-3H3. The summed E-state index contributed by atoms with van der Waals surface area (Å²) in [5.74, 6) is 6.24. The minimum absolute atomic E-state index is 0.811. The van der Waals surface area contributed by atoms with Crippen LogP contribution in [-0.4, -0.2) is 23.5 Å². The molecular weight excluding hydrogens is 386 g/mol. The second-order valence-corrected chi connectivity index (χ2v) is 12.8. The van der Waals surface area contributed by atoms with Gasteiger partial charge in [-0.1, -0.05) is 78.1 Å². The normalized spacial score (nSPS) is 34.9. The van der Waals surface area contributed by atoms with Crippen LogP contribution in [0, 0.1) is 35.5 Å². The maximum atomic E-state index is 3.08. The lowest BCUT2D eigenvalue weighted by Crippen LogP contribution is -2.42. The first-order valence-corrected chi connectivity index (χ1v) is 15.4. The first-order valence-electron chi connectivity index (χ1n) is 15.4. The Labute approximate surface area is 201 Å². The van der Waals surface area contributed by atoms with E-state index in [2.05, 4.69) is 25.7 Å². The van der Waals surface area contributed by atoms with E-state index in [9.17, 15) is 0 Å². The van der Waals surface area contributed by atoms with E-state index in [-0.39, 0.29) is 0 Å². The summed E-state index contributed by atoms with van der Waals surface area (Å²) < 4.78 is 0. The number of hydrogen-bond donors (Lipinski definition) is 0. The highest BCUT2D eigenvalue weighted by Gasteiger charge is 2.43. The molecule has 3 saturated carbocycles. The Morgan fingerprint density at radius 1 is 0.594 bits per heavy atom. The van der Waals surface area contributed by atoms with Crippen molar-refractivity contribution in [3.05, 3.63) is 0 Å². The zero-order chi connectivity index (χ0) is 22.3. The summed E-state index contributed by atoms with van der Waals surface area (Å²) in [5.41, 5.74) is 0. The third-order valence-corrected chi connectivity index (χ3v) is 11.1. The molecule has 0 aromatic heterocycles. The minimum Gasteiger partial charge on any atom is -0.297 e. The Hall–Kier alpha value is -0.0400. The highest BCUT2D eigenvalue weighted by Crippen LogP contribution is 2.46. The van der Waals surface area contributed by atoms with E-state index >= 15 is 0 Å². The number of hydrogen-bond acceptors (Lipinski definition) is 1. The van der Waals surface area contributed by atoms with Crippen LogP contribution in [0.25, 0.3) is 0 Å². The summed E-state index contributed by atoms with van der Waals surface area (Å²) >= 11 is 0. The molecule has 4 aliphatic rings. The summed E-state index contributed by atoms with van der Waals surface area (Å²) in [4.78, 5) is 3.08. The smallest absolute Gasteiger partial charge is 0.0130 e. The molecule has 4 fully saturated rings. The van der Waals surface area contributed by atoms with Crippen molar-refractivity contribution < 1.29 is 0 Å². The Morgan fingerprint density at radius 3 is 1.66 bits per heavy atom. The predicted octanol–water partition coefficient (Wildman–Crippen LogP) is 9.25. The van der Waals surface area contributed by atoms with Crippen LogP contribution in [0.3, 0.4) is 0 Å². The highest BCUT2D eigenvalue weighted by molar-refractivity contribution is 4.96. The molecule has 0 spiro atoms. The molecule has 0 N–H and O–H groups in total. The molecule has 3 atom stereocenters. The minimum atomic E-state index is 0.811. The van der Waals surface area contributed by atoms with Gasteiger partial charge in [-0.25, -0.2) is 0 Å². The van der Waals surface area contributed by atoms with Crippen molar-refractivity contribution >= 4 is 0 Å². The van der Waals surface area contributed by atoms with Gasteiger partial charge in [-0.05, 0) is 100 Å². The molecule has 1 aliphatic heterocycles. The van der Waals surface area contributed by atoms with Gasteiger partial charge in [0.05, 0.1) is 0 Å². The van der Waals surface area contributed by atoms with E-state index in [1.807, 2.05) is 0 Å². The van der Waals surface area contributed by atoms with Crippen molar-refractivity contribution in [1.82, 2.24) is 4.90 Å². The lowest BCUT2D eigenvalue weighted by molar-refractivity contribution is 0.108. The molecular formula is C31H57N. The first kappa shape index (κ1) is 25.1. The molecule has 0 radical (unpaired) electrons. The van der Waals surface area contributed by atoms with Gasteiger partial charge < -0.3 is 0 Å². The maximum absolute atomic E-state index is 3.08. The van der Waals surface area contributed by atoms with Crippen molar-refractivity contribution in [1.29, 1.82) is 0 Å². The monoisotopic (exact) mass is 443 g/mol. The predicted molar refractivity (Wildman–Crippen MR) is 140 cm³/mol. The van der Waals surface area contributed by atoms with Gasteiger partial charge in [0.1, 0.15) is 0 Å². The molecule has 0 amide bonds. The van der Waals surface area contributed by atoms with Crippen molar-refractivity contribution in [3.63, 3.8) is 0 Å². The molecule has 1 heteroatoms. The van der Waals surface area contributed by atoms with E-state index in [4.69, 9.17) is 0 Å². The average Bonchev–Trinajstić information content (AvgIpc) is 3.31. The molecule has 186 valence electrons. The third kappa shape index (κ3) is 6.34. The van der Waals surface area contributed by atoms with E-state index in [1.54, 1.807) is 44.9 Å². The van der Waals surface area contributed by atoms with Crippen LogP contribution in [0.2, 0.25) is 0 Å². The molecule has 0 aromatic carbocycles.